The molecule has 0 unspecified atom stereocenters. The first-order chi connectivity index (χ1) is 13.2. The lowest BCUT2D eigenvalue weighted by molar-refractivity contribution is 0.297. The van der Waals surface area contributed by atoms with Crippen molar-refractivity contribution in [2.45, 2.75) is 38.6 Å². The van der Waals surface area contributed by atoms with Crippen molar-refractivity contribution >= 4 is 33.2 Å². The Morgan fingerprint density at radius 1 is 1.15 bits per heavy atom. The standard InChI is InChI=1S/C20H19ClN2O3S/c21-14-8-12(9-15-18(14)26-7-3-6-25-15)10-23-11-22-19-17(20(23)24)13-4-1-2-5-16(13)27-19/h8-9,11H,1-7,10H2. The van der Waals surface area contributed by atoms with Crippen molar-refractivity contribution in [3.05, 3.63) is 49.8 Å². The monoisotopic (exact) mass is 402 g/mol. The van der Waals surface area contributed by atoms with E-state index in [2.05, 4.69) is 4.98 Å². The Balaban J connectivity index is 1.55. The van der Waals surface area contributed by atoms with Crippen molar-refractivity contribution in [3.63, 3.8) is 0 Å². The maximum atomic E-state index is 13.1. The fourth-order valence-electron chi connectivity index (χ4n) is 3.87. The molecule has 1 aromatic carbocycles. The van der Waals surface area contributed by atoms with Gasteiger partial charge in [0.15, 0.2) is 11.5 Å². The lowest BCUT2D eigenvalue weighted by Gasteiger charge is -2.13. The molecule has 1 aliphatic heterocycles. The van der Waals surface area contributed by atoms with Gasteiger partial charge in [-0.1, -0.05) is 11.6 Å². The van der Waals surface area contributed by atoms with Crippen LogP contribution in [0.4, 0.5) is 0 Å². The van der Waals surface area contributed by atoms with Gasteiger partial charge in [0.25, 0.3) is 5.56 Å². The van der Waals surface area contributed by atoms with Crippen LogP contribution in [0.5, 0.6) is 11.5 Å². The summed E-state index contributed by atoms with van der Waals surface area (Å²) in [4.78, 5) is 19.9. The molecule has 27 heavy (non-hydrogen) atoms. The molecule has 0 fully saturated rings. The lowest BCUT2D eigenvalue weighted by Crippen LogP contribution is -2.21. The van der Waals surface area contributed by atoms with Gasteiger partial charge < -0.3 is 9.47 Å². The zero-order valence-electron chi connectivity index (χ0n) is 14.8. The van der Waals surface area contributed by atoms with Crippen LogP contribution >= 0.6 is 22.9 Å². The number of aryl methyl sites for hydroxylation is 2. The average Bonchev–Trinajstić information content (AvgIpc) is 2.87. The molecule has 1 aliphatic carbocycles. The zero-order chi connectivity index (χ0) is 18.4. The van der Waals surface area contributed by atoms with Gasteiger partial charge in [-0.25, -0.2) is 4.98 Å². The highest BCUT2D eigenvalue weighted by Gasteiger charge is 2.21. The van der Waals surface area contributed by atoms with Crippen LogP contribution in [-0.4, -0.2) is 22.8 Å². The third kappa shape index (κ3) is 3.01. The maximum Gasteiger partial charge on any atom is 0.262 e. The van der Waals surface area contributed by atoms with Crippen molar-refractivity contribution < 1.29 is 9.47 Å². The first-order valence-corrected chi connectivity index (χ1v) is 10.5. The molecular formula is C20H19ClN2O3S. The Morgan fingerprint density at radius 2 is 2.00 bits per heavy atom. The fourth-order valence-corrected chi connectivity index (χ4v) is 5.37. The summed E-state index contributed by atoms with van der Waals surface area (Å²) in [6.07, 6.45) is 6.85. The number of thiophene rings is 1. The summed E-state index contributed by atoms with van der Waals surface area (Å²) in [5.74, 6) is 1.23. The molecule has 3 aromatic rings. The van der Waals surface area contributed by atoms with E-state index in [1.54, 1.807) is 22.2 Å². The Hall–Kier alpha value is -2.05. The number of rotatable bonds is 2. The molecular weight excluding hydrogens is 384 g/mol. The predicted molar refractivity (Wildman–Crippen MR) is 107 cm³/mol. The molecule has 0 saturated heterocycles. The molecule has 0 amide bonds. The number of hydrogen-bond acceptors (Lipinski definition) is 5. The van der Waals surface area contributed by atoms with Crippen LogP contribution in [0.1, 0.15) is 35.3 Å². The predicted octanol–water partition coefficient (Wildman–Crippen LogP) is 4.20. The number of ether oxygens (including phenoxy) is 2. The first kappa shape index (κ1) is 17.1. The molecule has 5 nitrogen and oxygen atoms in total. The highest BCUT2D eigenvalue weighted by atomic mass is 35.5. The van der Waals surface area contributed by atoms with Gasteiger partial charge in [0.1, 0.15) is 4.83 Å². The van der Waals surface area contributed by atoms with E-state index in [0.717, 1.165) is 41.5 Å². The van der Waals surface area contributed by atoms with E-state index in [0.29, 0.717) is 36.3 Å². The average molecular weight is 403 g/mol. The van der Waals surface area contributed by atoms with Gasteiger partial charge in [0.2, 0.25) is 0 Å². The molecule has 0 N–H and O–H groups in total. The number of aromatic nitrogens is 2. The summed E-state index contributed by atoms with van der Waals surface area (Å²) in [6.45, 7) is 1.60. The highest BCUT2D eigenvalue weighted by molar-refractivity contribution is 7.18. The summed E-state index contributed by atoms with van der Waals surface area (Å²) in [5.41, 5.74) is 2.14. The number of hydrogen-bond donors (Lipinski definition) is 0. The topological polar surface area (TPSA) is 53.4 Å². The van der Waals surface area contributed by atoms with Gasteiger partial charge in [0, 0.05) is 11.3 Å². The maximum absolute atomic E-state index is 13.1. The van der Waals surface area contributed by atoms with Gasteiger partial charge >= 0.3 is 0 Å². The van der Waals surface area contributed by atoms with Gasteiger partial charge in [-0.15, -0.1) is 11.3 Å². The molecule has 2 aromatic heterocycles. The van der Waals surface area contributed by atoms with Gasteiger partial charge in [-0.05, 0) is 48.9 Å². The van der Waals surface area contributed by atoms with E-state index in [1.165, 1.54) is 16.9 Å². The molecule has 0 saturated carbocycles. The Morgan fingerprint density at radius 3 is 2.93 bits per heavy atom. The summed E-state index contributed by atoms with van der Waals surface area (Å²) < 4.78 is 13.1. The summed E-state index contributed by atoms with van der Waals surface area (Å²) in [7, 11) is 0. The van der Waals surface area contributed by atoms with E-state index in [9.17, 15) is 4.79 Å². The van der Waals surface area contributed by atoms with Gasteiger partial charge in [-0.2, -0.15) is 0 Å². The van der Waals surface area contributed by atoms with Crippen molar-refractivity contribution in [1.29, 1.82) is 0 Å². The van der Waals surface area contributed by atoms with E-state index in [-0.39, 0.29) is 5.56 Å². The molecule has 5 rings (SSSR count). The Bertz CT molecular complexity index is 1090. The largest absolute Gasteiger partial charge is 0.489 e. The van der Waals surface area contributed by atoms with Crippen LogP contribution in [-0.2, 0) is 19.4 Å². The van der Waals surface area contributed by atoms with Crippen LogP contribution in [0.15, 0.2) is 23.3 Å². The summed E-state index contributed by atoms with van der Waals surface area (Å²) in [5, 5.41) is 1.32. The molecule has 2 aliphatic rings. The van der Waals surface area contributed by atoms with Crippen molar-refractivity contribution in [1.82, 2.24) is 9.55 Å². The Labute approximate surface area is 165 Å². The molecule has 0 bridgehead atoms. The third-order valence-electron chi connectivity index (χ3n) is 5.16. The normalized spacial score (nSPS) is 16.2. The van der Waals surface area contributed by atoms with Crippen LogP contribution in [0.2, 0.25) is 5.02 Å². The molecule has 3 heterocycles. The number of fused-ring (bicyclic) bond motifs is 4. The minimum Gasteiger partial charge on any atom is -0.489 e. The minimum atomic E-state index is 0.0302. The van der Waals surface area contributed by atoms with Gasteiger partial charge in [-0.3, -0.25) is 9.36 Å². The van der Waals surface area contributed by atoms with Crippen molar-refractivity contribution in [2.24, 2.45) is 0 Å². The van der Waals surface area contributed by atoms with Crippen LogP contribution in [0.3, 0.4) is 0 Å². The molecule has 0 radical (unpaired) electrons. The van der Waals surface area contributed by atoms with Crippen LogP contribution in [0.25, 0.3) is 10.2 Å². The summed E-state index contributed by atoms with van der Waals surface area (Å²) >= 11 is 8.06. The SMILES string of the molecule is O=c1c2c3c(sc2ncn1Cc1cc(Cl)c2c(c1)OCCCO2)CCCC3. The smallest absolute Gasteiger partial charge is 0.262 e. The summed E-state index contributed by atoms with van der Waals surface area (Å²) in [6, 6.07) is 3.75. The van der Waals surface area contributed by atoms with E-state index >= 15 is 0 Å². The van der Waals surface area contributed by atoms with E-state index in [4.69, 9.17) is 21.1 Å². The number of benzene rings is 1. The molecule has 0 spiro atoms. The van der Waals surface area contributed by atoms with Crippen LogP contribution in [0, 0.1) is 0 Å². The molecule has 7 heteroatoms. The second kappa shape index (κ2) is 6.84. The number of halogens is 1. The van der Waals surface area contributed by atoms with Crippen molar-refractivity contribution in [3.8, 4) is 11.5 Å². The van der Waals surface area contributed by atoms with E-state index in [1.807, 2.05) is 12.1 Å². The highest BCUT2D eigenvalue weighted by Crippen LogP contribution is 2.38. The molecule has 0 atom stereocenters. The van der Waals surface area contributed by atoms with Crippen LogP contribution < -0.4 is 15.0 Å². The zero-order valence-corrected chi connectivity index (χ0v) is 16.4. The lowest BCUT2D eigenvalue weighted by atomic mass is 9.97. The fraction of sp³-hybridized carbons (Fsp3) is 0.400. The second-order valence-corrected chi connectivity index (χ2v) is 8.51. The third-order valence-corrected chi connectivity index (χ3v) is 6.64. The van der Waals surface area contributed by atoms with Gasteiger partial charge in [0.05, 0.1) is 36.5 Å². The Kier molecular flexibility index (Phi) is 4.32. The minimum absolute atomic E-state index is 0.0302. The second-order valence-electron chi connectivity index (χ2n) is 7.02. The van der Waals surface area contributed by atoms with Crippen molar-refractivity contribution in [2.75, 3.05) is 13.2 Å². The first-order valence-electron chi connectivity index (χ1n) is 9.28. The van der Waals surface area contributed by atoms with E-state index < -0.39 is 0 Å². The number of nitrogens with zero attached hydrogens (tertiary/aromatic N) is 2. The molecule has 140 valence electrons. The quantitative estimate of drug-likeness (QED) is 0.644.